The second-order valence-corrected chi connectivity index (χ2v) is 9.80. The molecular weight excluding hydrogens is 509 g/mol. The molecule has 1 aromatic heterocycles. The monoisotopic (exact) mass is 541 g/mol. The van der Waals surface area contributed by atoms with E-state index < -0.39 is 5.82 Å². The molecule has 9 heteroatoms. The van der Waals surface area contributed by atoms with Gasteiger partial charge in [0, 0.05) is 60.3 Å². The van der Waals surface area contributed by atoms with Crippen LogP contribution in [0.1, 0.15) is 40.5 Å². The second kappa shape index (κ2) is 12.0. The number of nitrogens with one attached hydrogen (secondary N) is 3. The van der Waals surface area contributed by atoms with E-state index in [0.717, 1.165) is 38.2 Å². The number of halogens is 1. The number of piperidine rings is 1. The van der Waals surface area contributed by atoms with Gasteiger partial charge in [0.25, 0.3) is 11.8 Å². The highest BCUT2D eigenvalue weighted by Crippen LogP contribution is 2.25. The number of rotatable bonds is 8. The first-order chi connectivity index (χ1) is 19.4. The molecule has 206 valence electrons. The average Bonchev–Trinajstić information content (AvgIpc) is 3.46. The Hall–Kier alpha value is -4.63. The van der Waals surface area contributed by atoms with E-state index in [9.17, 15) is 19.1 Å². The minimum absolute atomic E-state index is 0.226. The molecule has 0 unspecified atom stereocenters. The lowest BCUT2D eigenvalue weighted by atomic mass is 10.1. The van der Waals surface area contributed by atoms with Crippen molar-refractivity contribution >= 4 is 40.3 Å². The Bertz CT molecular complexity index is 1480. The highest BCUT2D eigenvalue weighted by molar-refractivity contribution is 6.05. The molecule has 2 heterocycles. The Morgan fingerprint density at radius 1 is 0.850 bits per heavy atom. The average molecular weight is 542 g/mol. The first-order valence-corrected chi connectivity index (χ1v) is 13.4. The van der Waals surface area contributed by atoms with Gasteiger partial charge in [-0.15, -0.1) is 0 Å². The molecular formula is C31H32FN5O3. The number of carbonyl (C=O) groups is 2. The molecule has 0 radical (unpaired) electrons. The van der Waals surface area contributed by atoms with Crippen LogP contribution in [0.3, 0.4) is 0 Å². The predicted octanol–water partition coefficient (Wildman–Crippen LogP) is 5.86. The predicted molar refractivity (Wildman–Crippen MR) is 156 cm³/mol. The van der Waals surface area contributed by atoms with Crippen molar-refractivity contribution in [3.8, 4) is 0 Å². The van der Waals surface area contributed by atoms with E-state index in [1.165, 1.54) is 6.07 Å². The number of aromatic nitrogens is 1. The second-order valence-electron chi connectivity index (χ2n) is 9.80. The van der Waals surface area contributed by atoms with Gasteiger partial charge in [-0.1, -0.05) is 0 Å². The van der Waals surface area contributed by atoms with Crippen molar-refractivity contribution in [1.29, 1.82) is 0 Å². The van der Waals surface area contributed by atoms with Crippen molar-refractivity contribution in [1.82, 2.24) is 4.57 Å². The first kappa shape index (κ1) is 27.0. The maximum absolute atomic E-state index is 14.8. The van der Waals surface area contributed by atoms with Crippen LogP contribution < -0.4 is 20.9 Å². The molecule has 3 aromatic carbocycles. The van der Waals surface area contributed by atoms with Gasteiger partial charge in [0.15, 0.2) is 0 Å². The van der Waals surface area contributed by atoms with E-state index in [-0.39, 0.29) is 23.6 Å². The number of benzene rings is 3. The number of anilines is 5. The van der Waals surface area contributed by atoms with Crippen LogP contribution >= 0.6 is 0 Å². The summed E-state index contributed by atoms with van der Waals surface area (Å²) in [5, 5.41) is 18.3. The minimum atomic E-state index is -0.509. The Morgan fingerprint density at radius 2 is 1.48 bits per heavy atom. The topological polar surface area (TPSA) is 98.6 Å². The molecule has 40 heavy (non-hydrogen) atoms. The van der Waals surface area contributed by atoms with Gasteiger partial charge in [0.05, 0.1) is 17.4 Å². The lowest BCUT2D eigenvalue weighted by Gasteiger charge is -2.31. The fraction of sp³-hybridized carbons (Fsp3) is 0.226. The third kappa shape index (κ3) is 6.50. The largest absolute Gasteiger partial charge is 0.393 e. The van der Waals surface area contributed by atoms with Gasteiger partial charge < -0.3 is 30.5 Å². The van der Waals surface area contributed by atoms with Gasteiger partial charge in [-0.25, -0.2) is 4.39 Å². The Balaban J connectivity index is 1.15. The van der Waals surface area contributed by atoms with Crippen molar-refractivity contribution in [3.63, 3.8) is 0 Å². The molecule has 1 saturated heterocycles. The number of amides is 2. The standard InChI is InChI=1S/C31H32FN5O3/c1-2-36-16-13-22(20-36)31(40)35-25-9-12-29(28(32)19-25)33-23-5-7-24(8-6-23)34-30(39)21-3-10-26(11-4-21)37-17-14-27(38)15-18-37/h3-13,16,19-20,27,33,38H,2,14-15,17-18H2,1H3,(H,34,39)(H,35,40). The zero-order valence-electron chi connectivity index (χ0n) is 22.2. The van der Waals surface area contributed by atoms with Crippen molar-refractivity contribution in [2.24, 2.45) is 0 Å². The van der Waals surface area contributed by atoms with Gasteiger partial charge in [0.1, 0.15) is 5.82 Å². The Kier molecular flexibility index (Phi) is 8.12. The van der Waals surface area contributed by atoms with Crippen LogP contribution in [0.15, 0.2) is 85.2 Å². The summed E-state index contributed by atoms with van der Waals surface area (Å²) < 4.78 is 16.7. The fourth-order valence-electron chi connectivity index (χ4n) is 4.61. The van der Waals surface area contributed by atoms with E-state index in [0.29, 0.717) is 28.2 Å². The summed E-state index contributed by atoms with van der Waals surface area (Å²) in [5.74, 6) is -1.04. The zero-order chi connectivity index (χ0) is 28.1. The minimum Gasteiger partial charge on any atom is -0.393 e. The number of nitrogens with zero attached hydrogens (tertiary/aromatic N) is 2. The van der Waals surface area contributed by atoms with E-state index in [4.69, 9.17) is 0 Å². The third-order valence-corrected chi connectivity index (χ3v) is 6.99. The van der Waals surface area contributed by atoms with Crippen LogP contribution in [-0.4, -0.2) is 40.7 Å². The van der Waals surface area contributed by atoms with Gasteiger partial charge in [0.2, 0.25) is 0 Å². The number of hydrogen-bond donors (Lipinski definition) is 4. The highest BCUT2D eigenvalue weighted by atomic mass is 19.1. The summed E-state index contributed by atoms with van der Waals surface area (Å²) in [6.07, 6.45) is 4.83. The number of carbonyl (C=O) groups excluding carboxylic acids is 2. The van der Waals surface area contributed by atoms with Crippen molar-refractivity contribution in [2.75, 3.05) is 33.9 Å². The van der Waals surface area contributed by atoms with E-state index in [1.807, 2.05) is 29.8 Å². The van der Waals surface area contributed by atoms with Crippen molar-refractivity contribution < 1.29 is 19.1 Å². The van der Waals surface area contributed by atoms with Gasteiger partial charge in [-0.2, -0.15) is 0 Å². The molecule has 0 atom stereocenters. The van der Waals surface area contributed by atoms with Crippen molar-refractivity contribution in [2.45, 2.75) is 32.4 Å². The summed E-state index contributed by atoms with van der Waals surface area (Å²) in [6.45, 7) is 4.34. The Labute approximate surface area is 232 Å². The van der Waals surface area contributed by atoms with Crippen LogP contribution in [0.2, 0.25) is 0 Å². The molecule has 0 saturated carbocycles. The van der Waals surface area contributed by atoms with Crippen LogP contribution in [0.4, 0.5) is 32.8 Å². The maximum Gasteiger partial charge on any atom is 0.257 e. The molecule has 0 spiro atoms. The number of hydrogen-bond acceptors (Lipinski definition) is 5. The van der Waals surface area contributed by atoms with E-state index >= 15 is 0 Å². The number of aliphatic hydroxyl groups is 1. The summed E-state index contributed by atoms with van der Waals surface area (Å²) in [5.41, 5.74) is 3.96. The molecule has 1 fully saturated rings. The molecule has 4 aromatic rings. The summed E-state index contributed by atoms with van der Waals surface area (Å²) in [6, 6.07) is 20.6. The lowest BCUT2D eigenvalue weighted by Crippen LogP contribution is -2.35. The molecule has 5 rings (SSSR count). The first-order valence-electron chi connectivity index (χ1n) is 13.4. The normalized spacial score (nSPS) is 13.6. The molecule has 0 bridgehead atoms. The summed E-state index contributed by atoms with van der Waals surface area (Å²) in [7, 11) is 0. The quantitative estimate of drug-likeness (QED) is 0.224. The zero-order valence-corrected chi connectivity index (χ0v) is 22.2. The van der Waals surface area contributed by atoms with Crippen LogP contribution in [0.5, 0.6) is 0 Å². The highest BCUT2D eigenvalue weighted by Gasteiger charge is 2.17. The number of aliphatic hydroxyl groups excluding tert-OH is 1. The van der Waals surface area contributed by atoms with Gasteiger partial charge in [-0.3, -0.25) is 9.59 Å². The molecule has 1 aliphatic rings. The molecule has 8 nitrogen and oxygen atoms in total. The van der Waals surface area contributed by atoms with Crippen LogP contribution in [0, 0.1) is 5.82 Å². The molecule has 4 N–H and O–H groups in total. The molecule has 2 amide bonds. The lowest BCUT2D eigenvalue weighted by molar-refractivity contribution is 0.101. The number of aryl methyl sites for hydroxylation is 1. The SMILES string of the molecule is CCn1ccc(C(=O)Nc2ccc(Nc3ccc(NC(=O)c4ccc(N5CCC(O)CC5)cc4)cc3)c(F)c2)c1. The van der Waals surface area contributed by atoms with E-state index in [1.54, 1.807) is 60.8 Å². The van der Waals surface area contributed by atoms with Crippen LogP contribution in [-0.2, 0) is 6.54 Å². The molecule has 1 aliphatic heterocycles. The van der Waals surface area contributed by atoms with Crippen molar-refractivity contribution in [3.05, 3.63) is 102 Å². The molecule has 0 aliphatic carbocycles. The van der Waals surface area contributed by atoms with Gasteiger partial charge in [-0.05, 0) is 92.6 Å². The summed E-state index contributed by atoms with van der Waals surface area (Å²) in [4.78, 5) is 27.4. The smallest absolute Gasteiger partial charge is 0.257 e. The van der Waals surface area contributed by atoms with E-state index in [2.05, 4.69) is 20.9 Å². The maximum atomic E-state index is 14.8. The third-order valence-electron chi connectivity index (χ3n) is 6.99. The fourth-order valence-corrected chi connectivity index (χ4v) is 4.61. The van der Waals surface area contributed by atoms with Gasteiger partial charge >= 0.3 is 0 Å². The summed E-state index contributed by atoms with van der Waals surface area (Å²) >= 11 is 0. The van der Waals surface area contributed by atoms with Crippen LogP contribution in [0.25, 0.3) is 0 Å². The Morgan fingerprint density at radius 3 is 2.12 bits per heavy atom.